The van der Waals surface area contributed by atoms with E-state index in [1.54, 1.807) is 6.92 Å². The van der Waals surface area contributed by atoms with Gasteiger partial charge in [-0.15, -0.1) is 5.10 Å². The molecule has 2 amide bonds. The van der Waals surface area contributed by atoms with Crippen molar-refractivity contribution < 1.29 is 9.59 Å². The quantitative estimate of drug-likeness (QED) is 0.468. The smallest absolute Gasteiger partial charge is 0.248 e. The highest BCUT2D eigenvalue weighted by Crippen LogP contribution is 2.31. The number of hydrogen-bond acceptors (Lipinski definition) is 10. The molecule has 210 valence electrons. The van der Waals surface area contributed by atoms with E-state index in [-0.39, 0.29) is 17.8 Å². The number of nitrogens with zero attached hydrogens (tertiary/aromatic N) is 9. The van der Waals surface area contributed by atoms with Gasteiger partial charge in [0, 0.05) is 82.6 Å². The lowest BCUT2D eigenvalue weighted by molar-refractivity contribution is -0.133. The number of nitrogens with two attached hydrogens (primary N) is 1. The molecule has 3 fully saturated rings. The highest BCUT2D eigenvalue weighted by atomic mass is 16.2. The van der Waals surface area contributed by atoms with Crippen LogP contribution in [0.3, 0.4) is 0 Å². The van der Waals surface area contributed by atoms with E-state index in [9.17, 15) is 9.59 Å². The molecule has 2 saturated heterocycles. The Bertz CT molecular complexity index is 1360. The predicted molar refractivity (Wildman–Crippen MR) is 152 cm³/mol. The summed E-state index contributed by atoms with van der Waals surface area (Å²) in [6, 6.07) is 9.93. The zero-order chi connectivity index (χ0) is 27.6. The maximum absolute atomic E-state index is 12.3. The van der Waals surface area contributed by atoms with Gasteiger partial charge < -0.3 is 30.7 Å². The molecule has 0 spiro atoms. The minimum Gasteiger partial charge on any atom is -0.368 e. The Morgan fingerprint density at radius 2 is 1.57 bits per heavy atom. The van der Waals surface area contributed by atoms with E-state index >= 15 is 0 Å². The lowest BCUT2D eigenvalue weighted by Gasteiger charge is -2.36. The minimum absolute atomic E-state index is 0.0925. The Kier molecular flexibility index (Phi) is 7.10. The topological polar surface area (TPSA) is 142 Å². The molecule has 0 radical (unpaired) electrons. The van der Waals surface area contributed by atoms with E-state index < -0.39 is 0 Å². The van der Waals surface area contributed by atoms with Crippen LogP contribution in [-0.2, 0) is 9.59 Å². The van der Waals surface area contributed by atoms with Gasteiger partial charge in [-0.3, -0.25) is 9.59 Å². The van der Waals surface area contributed by atoms with Crippen molar-refractivity contribution in [2.45, 2.75) is 26.2 Å². The van der Waals surface area contributed by atoms with Gasteiger partial charge in [0.05, 0.1) is 0 Å². The molecule has 6 rings (SSSR count). The lowest BCUT2D eigenvalue weighted by Crippen LogP contribution is -2.49. The van der Waals surface area contributed by atoms with Crippen LogP contribution in [0.1, 0.15) is 26.2 Å². The number of carbonyl (C=O) groups is 2. The van der Waals surface area contributed by atoms with Gasteiger partial charge in [-0.25, -0.2) is 9.97 Å². The summed E-state index contributed by atoms with van der Waals surface area (Å²) in [5.41, 5.74) is 8.17. The summed E-state index contributed by atoms with van der Waals surface area (Å²) in [6.45, 7) is 7.71. The predicted octanol–water partition coefficient (Wildman–Crippen LogP) is 1.50. The summed E-state index contributed by atoms with van der Waals surface area (Å²) in [5.74, 6) is 2.55. The van der Waals surface area contributed by atoms with Gasteiger partial charge in [0.15, 0.2) is 5.82 Å². The average molecular weight is 546 g/mol. The van der Waals surface area contributed by atoms with Crippen LogP contribution < -0.4 is 20.9 Å². The number of piperazine rings is 1. The molecule has 3 aromatic rings. The molecule has 1 aromatic carbocycles. The fraction of sp³-hybridized carbons (Fsp3) is 0.481. The second-order valence-electron chi connectivity index (χ2n) is 10.5. The van der Waals surface area contributed by atoms with Crippen molar-refractivity contribution in [3.05, 3.63) is 36.7 Å². The Balaban J connectivity index is 1.08. The molecule has 2 aromatic heterocycles. The second-order valence-corrected chi connectivity index (χ2v) is 10.5. The third-order valence-corrected chi connectivity index (χ3v) is 7.76. The number of rotatable bonds is 6. The van der Waals surface area contributed by atoms with Gasteiger partial charge in [-0.05, 0) is 43.5 Å². The summed E-state index contributed by atoms with van der Waals surface area (Å²) < 4.78 is 1.49. The molecule has 3 N–H and O–H groups in total. The molecule has 0 bridgehead atoms. The molecular formula is C27H35N11O2. The fourth-order valence-corrected chi connectivity index (χ4v) is 5.29. The summed E-state index contributed by atoms with van der Waals surface area (Å²) in [4.78, 5) is 45.6. The maximum atomic E-state index is 12.3. The zero-order valence-electron chi connectivity index (χ0n) is 22.7. The van der Waals surface area contributed by atoms with Gasteiger partial charge in [0.25, 0.3) is 0 Å². The molecule has 1 aliphatic carbocycles. The average Bonchev–Trinajstić information content (AvgIpc) is 3.79. The summed E-state index contributed by atoms with van der Waals surface area (Å²) in [6.07, 6.45) is 4.46. The van der Waals surface area contributed by atoms with Crippen molar-refractivity contribution in [2.75, 3.05) is 73.2 Å². The Morgan fingerprint density at radius 3 is 2.30 bits per heavy atom. The molecule has 40 heavy (non-hydrogen) atoms. The number of benzene rings is 1. The van der Waals surface area contributed by atoms with Crippen LogP contribution in [0.25, 0.3) is 5.82 Å². The number of anilines is 5. The lowest BCUT2D eigenvalue weighted by atomic mass is 10.2. The number of nitrogen functional groups attached to an aromatic ring is 1. The van der Waals surface area contributed by atoms with E-state index in [1.165, 1.54) is 11.0 Å². The second kappa shape index (κ2) is 11.0. The van der Waals surface area contributed by atoms with Crippen molar-refractivity contribution in [2.24, 2.45) is 5.92 Å². The first-order chi connectivity index (χ1) is 19.4. The molecular weight excluding hydrogens is 510 g/mol. The number of nitrogens with one attached hydrogen (secondary N) is 1. The third-order valence-electron chi connectivity index (χ3n) is 7.76. The van der Waals surface area contributed by atoms with Gasteiger partial charge >= 0.3 is 0 Å². The van der Waals surface area contributed by atoms with Crippen LogP contribution >= 0.6 is 0 Å². The minimum atomic E-state index is 0.0925. The van der Waals surface area contributed by atoms with Crippen LogP contribution in [0.5, 0.6) is 0 Å². The Morgan fingerprint density at radius 1 is 0.875 bits per heavy atom. The maximum Gasteiger partial charge on any atom is 0.248 e. The number of carbonyl (C=O) groups excluding carboxylic acids is 2. The van der Waals surface area contributed by atoms with E-state index in [1.807, 2.05) is 28.0 Å². The summed E-state index contributed by atoms with van der Waals surface area (Å²) in [5, 5.41) is 7.75. The largest absolute Gasteiger partial charge is 0.368 e. The van der Waals surface area contributed by atoms with Crippen molar-refractivity contribution >= 4 is 40.9 Å². The molecule has 13 nitrogen and oxygen atoms in total. The van der Waals surface area contributed by atoms with Crippen molar-refractivity contribution in [1.82, 2.24) is 34.5 Å². The van der Waals surface area contributed by atoms with Crippen LogP contribution in [0, 0.1) is 5.92 Å². The molecule has 4 heterocycles. The van der Waals surface area contributed by atoms with Crippen molar-refractivity contribution in [3.8, 4) is 5.82 Å². The molecule has 13 heteroatoms. The van der Waals surface area contributed by atoms with E-state index in [4.69, 9.17) is 5.73 Å². The Hall–Kier alpha value is -4.42. The normalized spacial score (nSPS) is 18.0. The monoisotopic (exact) mass is 545 g/mol. The first-order valence-corrected chi connectivity index (χ1v) is 13.9. The summed E-state index contributed by atoms with van der Waals surface area (Å²) in [7, 11) is 0. The molecule has 0 unspecified atom stereocenters. The molecule has 1 saturated carbocycles. The third kappa shape index (κ3) is 5.63. The molecule has 0 atom stereocenters. The van der Waals surface area contributed by atoms with E-state index in [0.717, 1.165) is 75.7 Å². The Labute approximate surface area is 233 Å². The van der Waals surface area contributed by atoms with E-state index in [2.05, 4.69) is 47.3 Å². The van der Waals surface area contributed by atoms with Crippen molar-refractivity contribution in [3.63, 3.8) is 0 Å². The number of amides is 2. The van der Waals surface area contributed by atoms with Gasteiger partial charge in [-0.1, -0.05) is 0 Å². The molecule has 2 aliphatic heterocycles. The summed E-state index contributed by atoms with van der Waals surface area (Å²) >= 11 is 0. The van der Waals surface area contributed by atoms with Crippen LogP contribution in [-0.4, -0.2) is 98.7 Å². The van der Waals surface area contributed by atoms with E-state index in [0.29, 0.717) is 30.8 Å². The highest BCUT2D eigenvalue weighted by Gasteiger charge is 2.34. The van der Waals surface area contributed by atoms with Crippen LogP contribution in [0.15, 0.2) is 36.7 Å². The first-order valence-electron chi connectivity index (χ1n) is 13.9. The van der Waals surface area contributed by atoms with Crippen molar-refractivity contribution in [1.29, 1.82) is 0 Å². The SMILES string of the molecule is CC(=O)N1CCCN(c2cc(-n3nc(Nc4ccc(N5CCN(C(=O)C6CC6)CC5)cc4)nc3N)ncn2)CC1. The van der Waals surface area contributed by atoms with Gasteiger partial charge in [-0.2, -0.15) is 9.67 Å². The number of aromatic nitrogens is 5. The fourth-order valence-electron chi connectivity index (χ4n) is 5.29. The molecule has 3 aliphatic rings. The van der Waals surface area contributed by atoms with Crippen LogP contribution in [0.2, 0.25) is 0 Å². The standard InChI is InChI=1S/C27H35N11O2/c1-19(39)34-9-2-10-36(14-11-34)23-17-24(30-18-29-23)38-26(28)32-27(33-38)31-21-5-7-22(8-6-21)35-12-15-37(16-13-35)25(40)20-3-4-20/h5-8,17-18,20H,2-4,9-16H2,1H3,(H3,28,31,32,33). The first kappa shape index (κ1) is 25.8. The van der Waals surface area contributed by atoms with Gasteiger partial charge in [0.1, 0.15) is 12.1 Å². The number of hydrogen-bond donors (Lipinski definition) is 2. The van der Waals surface area contributed by atoms with Gasteiger partial charge in [0.2, 0.25) is 23.7 Å². The zero-order valence-corrected chi connectivity index (χ0v) is 22.7. The highest BCUT2D eigenvalue weighted by molar-refractivity contribution is 5.81. The van der Waals surface area contributed by atoms with Crippen LogP contribution in [0.4, 0.5) is 29.1 Å².